The molecule has 0 bridgehead atoms. The van der Waals surface area contributed by atoms with Gasteiger partial charge in [0.1, 0.15) is 21.8 Å². The van der Waals surface area contributed by atoms with Crippen LogP contribution in [0.1, 0.15) is 49.0 Å². The van der Waals surface area contributed by atoms with E-state index in [0.29, 0.717) is 75.9 Å². The highest BCUT2D eigenvalue weighted by Crippen LogP contribution is 2.44. The smallest absolute Gasteiger partial charge is 0.293 e. The number of carbonyl (C=O) groups excluding carboxylic acids is 1. The number of sulfonamides is 1. The number of nitrogens with zero attached hydrogens (tertiary/aromatic N) is 5. The Morgan fingerprint density at radius 3 is 2.56 bits per heavy atom. The number of benzene rings is 4. The third kappa shape index (κ3) is 12.0. The summed E-state index contributed by atoms with van der Waals surface area (Å²) in [6.45, 7) is 12.3. The van der Waals surface area contributed by atoms with E-state index in [1.54, 1.807) is 37.4 Å². The summed E-state index contributed by atoms with van der Waals surface area (Å²) in [4.78, 5) is 39.8. The van der Waals surface area contributed by atoms with Crippen molar-refractivity contribution in [3.63, 3.8) is 0 Å². The number of anilines is 2. The number of rotatable bonds is 19. The summed E-state index contributed by atoms with van der Waals surface area (Å²) in [6.07, 6.45) is 4.29. The van der Waals surface area contributed by atoms with Crippen LogP contribution in [0.5, 0.6) is 11.5 Å². The first-order valence-electron chi connectivity index (χ1n) is 22.9. The number of fused-ring (bicyclic) bond motifs is 1. The summed E-state index contributed by atoms with van der Waals surface area (Å²) in [7, 11) is -3.11. The highest BCUT2D eigenvalue weighted by atomic mass is 35.5. The molecule has 0 spiro atoms. The number of aromatic nitrogens is 2. The molecule has 8 rings (SSSR count). The molecular weight excluding hydrogens is 912 g/mol. The molecule has 2 fully saturated rings. The number of ether oxygens (including phenoxy) is 4. The molecule has 3 aliphatic rings. The number of methoxy groups -OCH3 is 1. The van der Waals surface area contributed by atoms with Crippen LogP contribution in [0.2, 0.25) is 5.02 Å². The van der Waals surface area contributed by atoms with Gasteiger partial charge in [-0.15, -0.1) is 0 Å². The van der Waals surface area contributed by atoms with Crippen molar-refractivity contribution in [1.29, 1.82) is 0 Å². The second-order valence-electron chi connectivity index (χ2n) is 18.2. The van der Waals surface area contributed by atoms with Crippen molar-refractivity contribution in [2.24, 2.45) is 5.41 Å². The van der Waals surface area contributed by atoms with Crippen LogP contribution in [0.4, 0.5) is 17.1 Å². The Labute approximate surface area is 401 Å². The molecule has 3 heterocycles. The number of amides is 1. The fraction of sp³-hybridized carbons (Fsp3) is 0.429. The van der Waals surface area contributed by atoms with Crippen molar-refractivity contribution in [2.75, 3.05) is 103 Å². The van der Waals surface area contributed by atoms with E-state index in [2.05, 4.69) is 60.7 Å². The number of nitro benzene ring substituents is 1. The molecule has 5 aromatic rings. The van der Waals surface area contributed by atoms with Crippen LogP contribution >= 0.6 is 11.6 Å². The number of morpholine rings is 1. The largest absolute Gasteiger partial charge is 0.454 e. The lowest BCUT2D eigenvalue weighted by atomic mass is 9.72. The summed E-state index contributed by atoms with van der Waals surface area (Å²) in [5, 5.41) is 16.0. The average Bonchev–Trinajstić information content (AvgIpc) is 3.82. The third-order valence-electron chi connectivity index (χ3n) is 12.8. The molecule has 3 N–H and O–H groups in total. The molecule has 1 aromatic heterocycles. The van der Waals surface area contributed by atoms with Gasteiger partial charge < -0.3 is 34.1 Å². The topological polar surface area (TPSA) is 194 Å². The predicted octanol–water partition coefficient (Wildman–Crippen LogP) is 7.60. The molecule has 1 amide bonds. The molecule has 68 heavy (non-hydrogen) atoms. The SMILES string of the molecule is COCCOCCN1CCO[C@H](CNc2c([N+](=O)[O-])cccc2S(=O)(=O)NC(=O)c2ccc(N3CCN(CC4=C(c5ccc(Cl)cc5)CC(C)(C)CC4)CC3)cc2Oc2cccc3[nH]cnc23)C1. The Morgan fingerprint density at radius 1 is 0.985 bits per heavy atom. The van der Waals surface area contributed by atoms with Crippen molar-refractivity contribution >= 4 is 61.2 Å². The number of para-hydroxylation sites is 2. The molecule has 0 unspecified atom stereocenters. The normalized spacial score (nSPS) is 18.2. The number of imidazole rings is 1. The minimum absolute atomic E-state index is 0.0628. The maximum atomic E-state index is 14.3. The monoisotopic (exact) mass is 970 g/mol. The fourth-order valence-corrected chi connectivity index (χ4v) is 10.4. The van der Waals surface area contributed by atoms with Gasteiger partial charge in [0.25, 0.3) is 21.6 Å². The van der Waals surface area contributed by atoms with E-state index >= 15 is 0 Å². The minimum atomic E-state index is -4.72. The first kappa shape index (κ1) is 48.8. The maximum Gasteiger partial charge on any atom is 0.293 e. The first-order valence-corrected chi connectivity index (χ1v) is 24.8. The van der Waals surface area contributed by atoms with Gasteiger partial charge in [-0.05, 0) is 78.3 Å². The number of H-pyrrole nitrogens is 1. The second kappa shape index (κ2) is 21.8. The maximum absolute atomic E-state index is 14.3. The van der Waals surface area contributed by atoms with Crippen molar-refractivity contribution in [2.45, 2.75) is 44.1 Å². The third-order valence-corrected chi connectivity index (χ3v) is 14.4. The molecule has 17 nitrogen and oxygen atoms in total. The molecular formula is C49H59ClN8O9S. The van der Waals surface area contributed by atoms with Crippen molar-refractivity contribution in [3.8, 4) is 11.5 Å². The second-order valence-corrected chi connectivity index (χ2v) is 20.2. The number of hydrogen-bond acceptors (Lipinski definition) is 14. The number of aromatic amines is 1. The Kier molecular flexibility index (Phi) is 15.6. The fourth-order valence-electron chi connectivity index (χ4n) is 9.08. The Bertz CT molecular complexity index is 2720. The van der Waals surface area contributed by atoms with Gasteiger partial charge >= 0.3 is 0 Å². The molecule has 4 aromatic carbocycles. The number of nitro groups is 1. The van der Waals surface area contributed by atoms with Crippen LogP contribution in [-0.2, 0) is 24.2 Å². The lowest BCUT2D eigenvalue weighted by Crippen LogP contribution is -2.47. The number of halogens is 1. The van der Waals surface area contributed by atoms with Crippen molar-refractivity contribution < 1.29 is 37.1 Å². The van der Waals surface area contributed by atoms with Gasteiger partial charge in [0.15, 0.2) is 5.75 Å². The van der Waals surface area contributed by atoms with E-state index in [-0.39, 0.29) is 29.0 Å². The summed E-state index contributed by atoms with van der Waals surface area (Å²) in [5.41, 5.74) is 5.53. The van der Waals surface area contributed by atoms with E-state index in [4.69, 9.17) is 30.5 Å². The minimum Gasteiger partial charge on any atom is -0.454 e. The summed E-state index contributed by atoms with van der Waals surface area (Å²) < 4.78 is 53.7. The van der Waals surface area contributed by atoms with Crippen LogP contribution < -0.4 is 19.7 Å². The van der Waals surface area contributed by atoms with Gasteiger partial charge in [-0.3, -0.25) is 24.7 Å². The molecule has 19 heteroatoms. The Hall–Kier alpha value is -5.60. The van der Waals surface area contributed by atoms with E-state index in [9.17, 15) is 23.3 Å². The number of hydrogen-bond donors (Lipinski definition) is 3. The Morgan fingerprint density at radius 2 is 1.78 bits per heavy atom. The Balaban J connectivity index is 1.000. The zero-order chi connectivity index (χ0) is 47.8. The highest BCUT2D eigenvalue weighted by molar-refractivity contribution is 7.90. The number of piperazine rings is 1. The van der Waals surface area contributed by atoms with E-state index in [0.717, 1.165) is 49.6 Å². The van der Waals surface area contributed by atoms with Crippen LogP contribution in [0, 0.1) is 15.5 Å². The summed E-state index contributed by atoms with van der Waals surface area (Å²) in [6, 6.07) is 22.3. The van der Waals surface area contributed by atoms with Crippen LogP contribution in [0.15, 0.2) is 95.7 Å². The van der Waals surface area contributed by atoms with Crippen molar-refractivity contribution in [3.05, 3.63) is 117 Å². The quantitative estimate of drug-likeness (QED) is 0.0416. The lowest BCUT2D eigenvalue weighted by Gasteiger charge is -2.39. The molecule has 362 valence electrons. The van der Waals surface area contributed by atoms with Gasteiger partial charge in [-0.2, -0.15) is 0 Å². The number of nitrogens with one attached hydrogen (secondary N) is 3. The lowest BCUT2D eigenvalue weighted by molar-refractivity contribution is -0.384. The van der Waals surface area contributed by atoms with E-state index < -0.39 is 37.5 Å². The zero-order valence-electron chi connectivity index (χ0n) is 38.7. The van der Waals surface area contributed by atoms with Crippen LogP contribution in [0.3, 0.4) is 0 Å². The molecule has 2 saturated heterocycles. The van der Waals surface area contributed by atoms with Crippen LogP contribution in [0.25, 0.3) is 16.6 Å². The predicted molar refractivity (Wildman–Crippen MR) is 262 cm³/mol. The molecule has 0 saturated carbocycles. The van der Waals surface area contributed by atoms with Gasteiger partial charge in [0.05, 0.1) is 54.9 Å². The number of allylic oxidation sites excluding steroid dienone is 1. The van der Waals surface area contributed by atoms with Gasteiger partial charge in [0, 0.05) is 88.9 Å². The van der Waals surface area contributed by atoms with Gasteiger partial charge in [-0.1, -0.05) is 55.3 Å². The van der Waals surface area contributed by atoms with E-state index in [1.165, 1.54) is 41.2 Å². The zero-order valence-corrected chi connectivity index (χ0v) is 40.2. The first-order chi connectivity index (χ1) is 32.8. The summed E-state index contributed by atoms with van der Waals surface area (Å²) in [5.74, 6) is -0.519. The van der Waals surface area contributed by atoms with Gasteiger partial charge in [-0.25, -0.2) is 18.1 Å². The summed E-state index contributed by atoms with van der Waals surface area (Å²) >= 11 is 6.26. The average molecular weight is 972 g/mol. The van der Waals surface area contributed by atoms with Gasteiger partial charge in [0.2, 0.25) is 0 Å². The molecule has 2 aliphatic heterocycles. The van der Waals surface area contributed by atoms with Crippen molar-refractivity contribution in [1.82, 2.24) is 24.5 Å². The number of carbonyl (C=O) groups is 1. The standard InChI is InChI=1S/C49H59ClN8O9S/c1-49(2)17-16-35(40(29-49)34-10-12-36(50)13-11-34)31-55-18-20-57(21-19-55)37-14-15-39(44(28-37)67-43-8-4-6-41-46(43)53-33-52-41)48(59)54-68(62,63)45-9-5-7-42(58(60)61)47(45)51-30-38-32-56(23-25-66-38)22-24-65-27-26-64-3/h4-15,28,33,38,51H,16-27,29-32H2,1-3H3,(H,52,53)(H,54,59)/t38-/m1/s1. The molecule has 0 radical (unpaired) electrons. The highest BCUT2D eigenvalue weighted by Gasteiger charge is 2.32. The van der Waals surface area contributed by atoms with E-state index in [1.807, 2.05) is 18.2 Å². The molecule has 1 aliphatic carbocycles. The molecule has 1 atom stereocenters. The van der Waals surface area contributed by atoms with Crippen LogP contribution in [-0.4, -0.2) is 138 Å².